The number of hydrogen-bond acceptors (Lipinski definition) is 4. The lowest BCUT2D eigenvalue weighted by atomic mass is 10.1. The number of aromatic nitrogens is 1. The molecule has 0 radical (unpaired) electrons. The van der Waals surface area contributed by atoms with Crippen LogP contribution in [0.5, 0.6) is 0 Å². The Hall–Kier alpha value is -3.23. The standard InChI is InChI=1S/C23H23ClF2N4O2/c1-14-6-7-30(29-13-17-9-19(26)4-5-21(17)24)23(32)20(14)10-22(31)28-12-16-8-18(25)3-2-15(16)11-27/h2-9,29H,10-13,27H2,1H3,(H,28,31). The Bertz CT molecular complexity index is 1200. The Kier molecular flexibility index (Phi) is 7.61. The Morgan fingerprint density at radius 1 is 1.03 bits per heavy atom. The SMILES string of the molecule is Cc1ccn(NCc2cc(F)ccc2Cl)c(=O)c1CC(=O)NCc1cc(F)ccc1CN. The molecule has 0 spiro atoms. The fourth-order valence-corrected chi connectivity index (χ4v) is 3.42. The van der Waals surface area contributed by atoms with Crippen LogP contribution in [-0.2, 0) is 30.8 Å². The molecule has 1 aromatic heterocycles. The van der Waals surface area contributed by atoms with Gasteiger partial charge in [-0.2, -0.15) is 0 Å². The Labute approximate surface area is 189 Å². The van der Waals surface area contributed by atoms with Crippen molar-refractivity contribution >= 4 is 17.5 Å². The first-order valence-corrected chi connectivity index (χ1v) is 10.3. The van der Waals surface area contributed by atoms with Crippen LogP contribution in [0, 0.1) is 18.6 Å². The molecule has 6 nitrogen and oxygen atoms in total. The molecule has 1 heterocycles. The Balaban J connectivity index is 1.70. The predicted molar refractivity (Wildman–Crippen MR) is 120 cm³/mol. The number of halogens is 3. The lowest BCUT2D eigenvalue weighted by Crippen LogP contribution is -2.34. The largest absolute Gasteiger partial charge is 0.352 e. The van der Waals surface area contributed by atoms with E-state index in [2.05, 4.69) is 10.7 Å². The average molecular weight is 461 g/mol. The molecule has 0 unspecified atom stereocenters. The van der Waals surface area contributed by atoms with Crippen LogP contribution in [0.2, 0.25) is 5.02 Å². The molecule has 0 aliphatic carbocycles. The van der Waals surface area contributed by atoms with Crippen molar-refractivity contribution < 1.29 is 13.6 Å². The molecule has 0 aliphatic heterocycles. The van der Waals surface area contributed by atoms with Gasteiger partial charge >= 0.3 is 0 Å². The van der Waals surface area contributed by atoms with Crippen molar-refractivity contribution in [3.63, 3.8) is 0 Å². The second-order valence-electron chi connectivity index (χ2n) is 7.29. The van der Waals surface area contributed by atoms with E-state index in [9.17, 15) is 18.4 Å². The highest BCUT2D eigenvalue weighted by molar-refractivity contribution is 6.31. The molecule has 4 N–H and O–H groups in total. The van der Waals surface area contributed by atoms with Crippen molar-refractivity contribution in [1.82, 2.24) is 9.99 Å². The van der Waals surface area contributed by atoms with Crippen LogP contribution >= 0.6 is 11.6 Å². The van der Waals surface area contributed by atoms with Crippen molar-refractivity contribution in [3.05, 3.63) is 103 Å². The van der Waals surface area contributed by atoms with E-state index < -0.39 is 17.2 Å². The third-order valence-corrected chi connectivity index (χ3v) is 5.44. The third kappa shape index (κ3) is 5.72. The van der Waals surface area contributed by atoms with Gasteiger partial charge in [0, 0.05) is 29.9 Å². The molecule has 168 valence electrons. The normalized spacial score (nSPS) is 10.8. The highest BCUT2D eigenvalue weighted by Gasteiger charge is 2.13. The zero-order valence-electron chi connectivity index (χ0n) is 17.4. The van der Waals surface area contributed by atoms with E-state index in [0.717, 1.165) is 5.56 Å². The molecule has 0 bridgehead atoms. The van der Waals surface area contributed by atoms with Crippen LogP contribution in [0.1, 0.15) is 27.8 Å². The first kappa shape index (κ1) is 23.4. The van der Waals surface area contributed by atoms with Crippen molar-refractivity contribution in [2.45, 2.75) is 33.0 Å². The summed E-state index contributed by atoms with van der Waals surface area (Å²) in [5.41, 5.74) is 10.9. The van der Waals surface area contributed by atoms with E-state index in [4.69, 9.17) is 17.3 Å². The average Bonchev–Trinajstić information content (AvgIpc) is 2.77. The molecule has 0 fully saturated rings. The number of nitrogens with one attached hydrogen (secondary N) is 2. The quantitative estimate of drug-likeness (QED) is 0.482. The Morgan fingerprint density at radius 2 is 1.72 bits per heavy atom. The molecule has 32 heavy (non-hydrogen) atoms. The summed E-state index contributed by atoms with van der Waals surface area (Å²) in [6, 6.07) is 9.89. The van der Waals surface area contributed by atoms with Gasteiger partial charge in [-0.15, -0.1) is 0 Å². The van der Waals surface area contributed by atoms with Crippen molar-refractivity contribution in [2.75, 3.05) is 5.43 Å². The van der Waals surface area contributed by atoms with Crippen LogP contribution in [0.25, 0.3) is 0 Å². The number of carbonyl (C=O) groups is 1. The summed E-state index contributed by atoms with van der Waals surface area (Å²) in [4.78, 5) is 25.3. The van der Waals surface area contributed by atoms with Crippen molar-refractivity contribution in [2.24, 2.45) is 5.73 Å². The molecular weight excluding hydrogens is 438 g/mol. The zero-order valence-corrected chi connectivity index (χ0v) is 18.2. The second-order valence-corrected chi connectivity index (χ2v) is 7.70. The number of carbonyl (C=O) groups excluding carboxylic acids is 1. The van der Waals surface area contributed by atoms with Crippen LogP contribution in [-0.4, -0.2) is 10.6 Å². The molecule has 0 atom stereocenters. The Morgan fingerprint density at radius 3 is 2.44 bits per heavy atom. The van der Waals surface area contributed by atoms with E-state index in [0.29, 0.717) is 27.3 Å². The first-order chi connectivity index (χ1) is 15.3. The lowest BCUT2D eigenvalue weighted by molar-refractivity contribution is -0.120. The van der Waals surface area contributed by atoms with E-state index in [1.165, 1.54) is 41.2 Å². The van der Waals surface area contributed by atoms with Gasteiger partial charge in [0.25, 0.3) is 5.56 Å². The molecule has 2 aromatic carbocycles. The summed E-state index contributed by atoms with van der Waals surface area (Å²) in [5.74, 6) is -1.24. The van der Waals surface area contributed by atoms with E-state index in [1.807, 2.05) is 0 Å². The van der Waals surface area contributed by atoms with Gasteiger partial charge in [0.1, 0.15) is 11.6 Å². The van der Waals surface area contributed by atoms with E-state index in [1.54, 1.807) is 19.1 Å². The maximum absolute atomic E-state index is 13.5. The van der Waals surface area contributed by atoms with Gasteiger partial charge in [-0.05, 0) is 65.6 Å². The molecule has 3 aromatic rings. The molecule has 0 saturated heterocycles. The highest BCUT2D eigenvalue weighted by atomic mass is 35.5. The fourth-order valence-electron chi connectivity index (χ4n) is 3.23. The number of nitrogens with zero attached hydrogens (tertiary/aromatic N) is 1. The third-order valence-electron chi connectivity index (χ3n) is 5.08. The molecule has 0 aliphatic rings. The van der Waals surface area contributed by atoms with Crippen molar-refractivity contribution in [3.8, 4) is 0 Å². The smallest absolute Gasteiger partial charge is 0.272 e. The van der Waals surface area contributed by atoms with Crippen LogP contribution in [0.4, 0.5) is 8.78 Å². The van der Waals surface area contributed by atoms with Gasteiger partial charge in [0.05, 0.1) is 13.0 Å². The number of hydrogen-bond donors (Lipinski definition) is 3. The molecule has 1 amide bonds. The van der Waals surface area contributed by atoms with Crippen LogP contribution in [0.3, 0.4) is 0 Å². The number of pyridine rings is 1. The zero-order chi connectivity index (χ0) is 23.3. The number of rotatable bonds is 8. The summed E-state index contributed by atoms with van der Waals surface area (Å²) >= 11 is 6.07. The number of nitrogens with two attached hydrogens (primary N) is 1. The maximum Gasteiger partial charge on any atom is 0.272 e. The fraction of sp³-hybridized carbons (Fsp3) is 0.217. The van der Waals surface area contributed by atoms with Crippen LogP contribution in [0.15, 0.2) is 53.5 Å². The van der Waals surface area contributed by atoms with Gasteiger partial charge in [0.2, 0.25) is 5.91 Å². The van der Waals surface area contributed by atoms with Gasteiger partial charge in [-0.25, -0.2) is 13.5 Å². The summed E-state index contributed by atoms with van der Waals surface area (Å²) in [6.07, 6.45) is 1.38. The monoisotopic (exact) mass is 460 g/mol. The van der Waals surface area contributed by atoms with Crippen molar-refractivity contribution in [1.29, 1.82) is 0 Å². The van der Waals surface area contributed by atoms with E-state index >= 15 is 0 Å². The maximum atomic E-state index is 13.5. The van der Waals surface area contributed by atoms with Gasteiger partial charge < -0.3 is 16.5 Å². The second kappa shape index (κ2) is 10.4. The summed E-state index contributed by atoms with van der Waals surface area (Å²) in [5, 5.41) is 3.07. The van der Waals surface area contributed by atoms with Gasteiger partial charge in [0.15, 0.2) is 0 Å². The minimum atomic E-state index is -0.434. The first-order valence-electron chi connectivity index (χ1n) is 9.91. The topological polar surface area (TPSA) is 89.2 Å². The number of amides is 1. The molecule has 9 heteroatoms. The summed E-state index contributed by atoms with van der Waals surface area (Å²) < 4.78 is 28.2. The lowest BCUT2D eigenvalue weighted by Gasteiger charge is -2.14. The molecule has 0 saturated carbocycles. The summed E-state index contributed by atoms with van der Waals surface area (Å²) in [7, 11) is 0. The summed E-state index contributed by atoms with van der Waals surface area (Å²) in [6.45, 7) is 2.16. The van der Waals surface area contributed by atoms with Gasteiger partial charge in [-0.1, -0.05) is 17.7 Å². The molecule has 3 rings (SSSR count). The number of aryl methyl sites for hydroxylation is 1. The van der Waals surface area contributed by atoms with Gasteiger partial charge in [-0.3, -0.25) is 9.59 Å². The van der Waals surface area contributed by atoms with E-state index in [-0.39, 0.29) is 32.0 Å². The minimum absolute atomic E-state index is 0.0967. The number of benzene rings is 2. The van der Waals surface area contributed by atoms with Crippen LogP contribution < -0.4 is 22.0 Å². The highest BCUT2D eigenvalue weighted by Crippen LogP contribution is 2.17. The molecular formula is C23H23ClF2N4O2. The predicted octanol–water partition coefficient (Wildman–Crippen LogP) is 3.15. The minimum Gasteiger partial charge on any atom is -0.352 e.